The van der Waals surface area contributed by atoms with Crippen LogP contribution in [0, 0.1) is 12.7 Å². The Kier molecular flexibility index (Phi) is 4.48. The fourth-order valence-electron chi connectivity index (χ4n) is 1.92. The Morgan fingerprint density at radius 1 is 1.26 bits per heavy atom. The molecule has 0 fully saturated rings. The van der Waals surface area contributed by atoms with Crippen molar-refractivity contribution in [2.75, 3.05) is 7.11 Å². The maximum atomic E-state index is 13.7. The average Bonchev–Trinajstić information content (AvgIpc) is 2.41. The zero-order chi connectivity index (χ0) is 14.0. The van der Waals surface area contributed by atoms with Gasteiger partial charge in [0.1, 0.15) is 0 Å². The third-order valence-corrected chi connectivity index (χ3v) is 4.48. The Bertz CT molecular complexity index is 601. The topological polar surface area (TPSA) is 9.23 Å². The van der Waals surface area contributed by atoms with Gasteiger partial charge in [0.25, 0.3) is 0 Å². The molecule has 100 valence electrons. The van der Waals surface area contributed by atoms with E-state index in [0.29, 0.717) is 5.02 Å². The van der Waals surface area contributed by atoms with Gasteiger partial charge in [-0.1, -0.05) is 45.7 Å². The third-order valence-electron chi connectivity index (χ3n) is 3.05. The van der Waals surface area contributed by atoms with Gasteiger partial charge in [0.05, 0.1) is 11.9 Å². The van der Waals surface area contributed by atoms with Crippen LogP contribution in [0.1, 0.15) is 21.5 Å². The largest absolute Gasteiger partial charge is 0.494 e. The molecule has 0 spiro atoms. The smallest absolute Gasteiger partial charge is 0.165 e. The average molecular weight is 344 g/mol. The van der Waals surface area contributed by atoms with E-state index in [9.17, 15) is 4.39 Å². The van der Waals surface area contributed by atoms with E-state index in [4.69, 9.17) is 16.3 Å². The molecule has 0 aliphatic heterocycles. The highest BCUT2D eigenvalue weighted by molar-refractivity contribution is 9.09. The van der Waals surface area contributed by atoms with Crippen LogP contribution >= 0.6 is 27.5 Å². The van der Waals surface area contributed by atoms with E-state index in [-0.39, 0.29) is 16.4 Å². The van der Waals surface area contributed by atoms with Gasteiger partial charge in [-0.2, -0.15) is 0 Å². The molecule has 1 atom stereocenters. The van der Waals surface area contributed by atoms with E-state index in [1.807, 2.05) is 31.2 Å². The monoisotopic (exact) mass is 342 g/mol. The minimum atomic E-state index is -0.371. The summed E-state index contributed by atoms with van der Waals surface area (Å²) in [5.74, 6) is -0.129. The number of ether oxygens (including phenoxy) is 1. The van der Waals surface area contributed by atoms with E-state index in [0.717, 1.165) is 16.7 Å². The summed E-state index contributed by atoms with van der Waals surface area (Å²) in [4.78, 5) is -0.105. The van der Waals surface area contributed by atoms with Crippen molar-refractivity contribution in [3.05, 3.63) is 63.9 Å². The van der Waals surface area contributed by atoms with E-state index in [1.54, 1.807) is 6.07 Å². The first-order valence-corrected chi connectivity index (χ1v) is 7.06. The standard InChI is InChI=1S/C15H13BrClFO/c1-9-11(4-3-5-12(9)17)15(16)10-6-7-14(19-2)13(18)8-10/h3-8,15H,1-2H3. The van der Waals surface area contributed by atoms with Crippen LogP contribution in [0.5, 0.6) is 5.75 Å². The Morgan fingerprint density at radius 3 is 2.63 bits per heavy atom. The van der Waals surface area contributed by atoms with E-state index in [1.165, 1.54) is 13.2 Å². The predicted molar refractivity (Wildman–Crippen MR) is 79.9 cm³/mol. The van der Waals surface area contributed by atoms with E-state index in [2.05, 4.69) is 15.9 Å². The lowest BCUT2D eigenvalue weighted by atomic mass is 10.0. The molecule has 0 aromatic heterocycles. The van der Waals surface area contributed by atoms with Gasteiger partial charge in [-0.25, -0.2) is 4.39 Å². The molecule has 0 N–H and O–H groups in total. The highest BCUT2D eigenvalue weighted by Crippen LogP contribution is 2.36. The van der Waals surface area contributed by atoms with Gasteiger partial charge in [-0.3, -0.25) is 0 Å². The second-order valence-corrected chi connectivity index (χ2v) is 5.53. The normalized spacial score (nSPS) is 12.3. The van der Waals surface area contributed by atoms with Crippen molar-refractivity contribution in [1.29, 1.82) is 0 Å². The maximum absolute atomic E-state index is 13.7. The summed E-state index contributed by atoms with van der Waals surface area (Å²) < 4.78 is 18.7. The van der Waals surface area contributed by atoms with Gasteiger partial charge >= 0.3 is 0 Å². The van der Waals surface area contributed by atoms with E-state index < -0.39 is 0 Å². The first-order valence-electron chi connectivity index (χ1n) is 5.77. The Labute approximate surface area is 125 Å². The lowest BCUT2D eigenvalue weighted by Crippen LogP contribution is -1.98. The maximum Gasteiger partial charge on any atom is 0.165 e. The van der Waals surface area contributed by atoms with Crippen LogP contribution < -0.4 is 4.74 Å². The number of methoxy groups -OCH3 is 1. The van der Waals surface area contributed by atoms with Gasteiger partial charge < -0.3 is 4.74 Å². The Balaban J connectivity index is 2.41. The molecule has 0 aliphatic rings. The summed E-state index contributed by atoms with van der Waals surface area (Å²) in [6.45, 7) is 1.95. The number of benzene rings is 2. The Morgan fingerprint density at radius 2 is 2.00 bits per heavy atom. The second kappa shape index (κ2) is 5.93. The number of halogens is 3. The van der Waals surface area contributed by atoms with Crippen molar-refractivity contribution in [3.63, 3.8) is 0 Å². The molecule has 1 nitrogen and oxygen atoms in total. The zero-order valence-corrected chi connectivity index (χ0v) is 12.9. The van der Waals surface area contributed by atoms with Crippen LogP contribution in [0.25, 0.3) is 0 Å². The first kappa shape index (κ1) is 14.4. The summed E-state index contributed by atoms with van der Waals surface area (Å²) in [5, 5.41) is 0.705. The molecule has 0 radical (unpaired) electrons. The number of hydrogen-bond donors (Lipinski definition) is 0. The molecule has 19 heavy (non-hydrogen) atoms. The van der Waals surface area contributed by atoms with Crippen LogP contribution in [-0.2, 0) is 0 Å². The first-order chi connectivity index (χ1) is 9.04. The SMILES string of the molecule is COc1ccc(C(Br)c2cccc(Cl)c2C)cc1F. The second-order valence-electron chi connectivity index (χ2n) is 4.21. The molecular weight excluding hydrogens is 331 g/mol. The highest BCUT2D eigenvalue weighted by Gasteiger charge is 2.16. The molecule has 1 unspecified atom stereocenters. The quantitative estimate of drug-likeness (QED) is 0.689. The molecule has 4 heteroatoms. The lowest BCUT2D eigenvalue weighted by molar-refractivity contribution is 0.386. The summed E-state index contributed by atoms with van der Waals surface area (Å²) >= 11 is 9.70. The van der Waals surface area contributed by atoms with Gasteiger partial charge in [-0.15, -0.1) is 0 Å². The fraction of sp³-hybridized carbons (Fsp3) is 0.200. The van der Waals surface area contributed by atoms with Crippen molar-refractivity contribution in [2.24, 2.45) is 0 Å². The molecule has 2 rings (SSSR count). The van der Waals surface area contributed by atoms with Gasteiger partial charge in [0, 0.05) is 5.02 Å². The van der Waals surface area contributed by atoms with Crippen LogP contribution in [-0.4, -0.2) is 7.11 Å². The van der Waals surface area contributed by atoms with Crippen LogP contribution in [0.4, 0.5) is 4.39 Å². The summed E-state index contributed by atoms with van der Waals surface area (Å²) in [6.07, 6.45) is 0. The fourth-order valence-corrected chi connectivity index (χ4v) is 2.88. The summed E-state index contributed by atoms with van der Waals surface area (Å²) in [6, 6.07) is 10.6. The molecule has 2 aromatic carbocycles. The van der Waals surface area contributed by atoms with Crippen LogP contribution in [0.3, 0.4) is 0 Å². The number of hydrogen-bond acceptors (Lipinski definition) is 1. The zero-order valence-electron chi connectivity index (χ0n) is 10.6. The summed E-state index contributed by atoms with van der Waals surface area (Å²) in [7, 11) is 1.45. The van der Waals surface area contributed by atoms with Gasteiger partial charge in [-0.05, 0) is 41.8 Å². The van der Waals surface area contributed by atoms with Crippen molar-refractivity contribution >= 4 is 27.5 Å². The van der Waals surface area contributed by atoms with Crippen LogP contribution in [0.2, 0.25) is 5.02 Å². The van der Waals surface area contributed by atoms with Gasteiger partial charge in [0.2, 0.25) is 0 Å². The molecule has 2 aromatic rings. The molecule has 0 heterocycles. The minimum absolute atomic E-state index is 0.105. The van der Waals surface area contributed by atoms with E-state index >= 15 is 0 Å². The van der Waals surface area contributed by atoms with Crippen molar-refractivity contribution in [3.8, 4) is 5.75 Å². The number of alkyl halides is 1. The lowest BCUT2D eigenvalue weighted by Gasteiger charge is -2.15. The molecule has 0 amide bonds. The molecule has 0 saturated heterocycles. The molecule has 0 saturated carbocycles. The Hall–Kier alpha value is -1.06. The molecule has 0 bridgehead atoms. The third kappa shape index (κ3) is 2.93. The van der Waals surface area contributed by atoms with Crippen molar-refractivity contribution in [1.82, 2.24) is 0 Å². The number of rotatable bonds is 3. The highest BCUT2D eigenvalue weighted by atomic mass is 79.9. The molecular formula is C15H13BrClFO. The van der Waals surface area contributed by atoms with Crippen molar-refractivity contribution < 1.29 is 9.13 Å². The predicted octanol–water partition coefficient (Wildman–Crippen LogP) is 5.28. The van der Waals surface area contributed by atoms with Gasteiger partial charge in [0.15, 0.2) is 11.6 Å². The van der Waals surface area contributed by atoms with Crippen molar-refractivity contribution in [2.45, 2.75) is 11.8 Å². The minimum Gasteiger partial charge on any atom is -0.494 e. The van der Waals surface area contributed by atoms with Crippen LogP contribution in [0.15, 0.2) is 36.4 Å². The molecule has 0 aliphatic carbocycles. The summed E-state index contributed by atoms with van der Waals surface area (Å²) in [5.41, 5.74) is 2.84.